The summed E-state index contributed by atoms with van der Waals surface area (Å²) in [6, 6.07) is -0.508. The molecule has 1 atom stereocenters. The molecule has 0 aliphatic carbocycles. The van der Waals surface area contributed by atoms with Gasteiger partial charge in [0, 0.05) is 11.6 Å². The first-order valence-electron chi connectivity index (χ1n) is 3.61. The van der Waals surface area contributed by atoms with Gasteiger partial charge in [-0.3, -0.25) is 0 Å². The molecule has 0 heterocycles. The van der Waals surface area contributed by atoms with Crippen LogP contribution >= 0.6 is 0 Å². The first-order chi connectivity index (χ1) is 5.72. The summed E-state index contributed by atoms with van der Waals surface area (Å²) in [6.45, 7) is 2.97. The molecule has 0 aliphatic rings. The Labute approximate surface area is 77.5 Å². The molecule has 0 amide bonds. The highest BCUT2D eigenvalue weighted by Crippen LogP contribution is 1.96. The molecule has 1 unspecified atom stereocenters. The Bertz CT molecular complexity index is 317. The summed E-state index contributed by atoms with van der Waals surface area (Å²) >= 11 is 0. The van der Waals surface area contributed by atoms with E-state index in [1.807, 2.05) is 0 Å². The predicted octanol–water partition coefficient (Wildman–Crippen LogP) is -0.0450. The molecular formula is C7H13NO4S. The Morgan fingerprint density at radius 3 is 2.31 bits per heavy atom. The second kappa shape index (κ2) is 4.38. The fraction of sp³-hybridized carbons (Fsp3) is 0.571. The minimum atomic E-state index is -3.28. The lowest BCUT2D eigenvalue weighted by atomic mass is 10.2. The highest BCUT2D eigenvalue weighted by Gasteiger charge is 2.08. The van der Waals surface area contributed by atoms with Crippen LogP contribution in [0.1, 0.15) is 13.8 Å². The summed E-state index contributed by atoms with van der Waals surface area (Å²) in [4.78, 5) is 10.4. The third-order valence-corrected chi connectivity index (χ3v) is 2.04. The summed E-state index contributed by atoms with van der Waals surface area (Å²) in [5, 5.41) is 8.48. The molecule has 0 saturated heterocycles. The van der Waals surface area contributed by atoms with Crippen LogP contribution in [0.15, 0.2) is 11.6 Å². The fourth-order valence-corrected chi connectivity index (χ4v) is 1.56. The highest BCUT2D eigenvalue weighted by atomic mass is 32.2. The lowest BCUT2D eigenvalue weighted by Crippen LogP contribution is -2.30. The number of aliphatic carboxylic acids is 1. The SMILES string of the molecule is C/C(=C\C(C)NS(C)(=O)=O)C(=O)O. The van der Waals surface area contributed by atoms with E-state index >= 15 is 0 Å². The van der Waals surface area contributed by atoms with Crippen LogP contribution in [0, 0.1) is 0 Å². The maximum Gasteiger partial charge on any atom is 0.331 e. The number of hydrogen-bond donors (Lipinski definition) is 2. The van der Waals surface area contributed by atoms with Crippen molar-refractivity contribution >= 4 is 16.0 Å². The lowest BCUT2D eigenvalue weighted by molar-refractivity contribution is -0.132. The van der Waals surface area contributed by atoms with Crippen molar-refractivity contribution in [2.24, 2.45) is 0 Å². The molecule has 0 rings (SSSR count). The Morgan fingerprint density at radius 1 is 1.54 bits per heavy atom. The Kier molecular flexibility index (Phi) is 4.09. The molecule has 0 aromatic heterocycles. The monoisotopic (exact) mass is 207 g/mol. The van der Waals surface area contributed by atoms with Crippen molar-refractivity contribution in [2.75, 3.05) is 6.26 Å². The molecule has 6 heteroatoms. The number of carboxylic acids is 1. The summed E-state index contributed by atoms with van der Waals surface area (Å²) < 4.78 is 23.6. The van der Waals surface area contributed by atoms with Gasteiger partial charge < -0.3 is 5.11 Å². The van der Waals surface area contributed by atoms with E-state index in [1.54, 1.807) is 6.92 Å². The van der Waals surface area contributed by atoms with E-state index in [4.69, 9.17) is 5.11 Å². The molecule has 13 heavy (non-hydrogen) atoms. The van der Waals surface area contributed by atoms with Gasteiger partial charge in [-0.1, -0.05) is 6.08 Å². The van der Waals surface area contributed by atoms with E-state index in [2.05, 4.69) is 4.72 Å². The van der Waals surface area contributed by atoms with Gasteiger partial charge >= 0.3 is 5.97 Å². The van der Waals surface area contributed by atoms with Crippen molar-refractivity contribution in [3.8, 4) is 0 Å². The van der Waals surface area contributed by atoms with E-state index in [1.165, 1.54) is 13.0 Å². The molecule has 0 saturated carbocycles. The molecule has 2 N–H and O–H groups in total. The van der Waals surface area contributed by atoms with Crippen LogP contribution in [0.2, 0.25) is 0 Å². The average molecular weight is 207 g/mol. The zero-order valence-electron chi connectivity index (χ0n) is 7.73. The van der Waals surface area contributed by atoms with Crippen LogP contribution in [-0.2, 0) is 14.8 Å². The van der Waals surface area contributed by atoms with Crippen molar-refractivity contribution < 1.29 is 18.3 Å². The van der Waals surface area contributed by atoms with Gasteiger partial charge in [-0.2, -0.15) is 0 Å². The molecule has 0 aromatic carbocycles. The molecule has 5 nitrogen and oxygen atoms in total. The van der Waals surface area contributed by atoms with E-state index < -0.39 is 22.0 Å². The lowest BCUT2D eigenvalue weighted by Gasteiger charge is -2.07. The smallest absolute Gasteiger partial charge is 0.331 e. The summed E-state index contributed by atoms with van der Waals surface area (Å²) in [7, 11) is -3.28. The average Bonchev–Trinajstić information content (AvgIpc) is 1.81. The number of carboxylic acid groups (broad SMARTS) is 1. The van der Waals surface area contributed by atoms with E-state index in [0.29, 0.717) is 0 Å². The van der Waals surface area contributed by atoms with E-state index in [-0.39, 0.29) is 5.57 Å². The van der Waals surface area contributed by atoms with Gasteiger partial charge in [0.05, 0.1) is 6.26 Å². The second-order valence-electron chi connectivity index (χ2n) is 2.83. The minimum Gasteiger partial charge on any atom is -0.478 e. The van der Waals surface area contributed by atoms with Gasteiger partial charge in [0.15, 0.2) is 0 Å². The van der Waals surface area contributed by atoms with Gasteiger partial charge in [0.2, 0.25) is 10.0 Å². The number of nitrogens with one attached hydrogen (secondary N) is 1. The quantitative estimate of drug-likeness (QED) is 0.633. The fourth-order valence-electron chi connectivity index (χ4n) is 0.818. The Balaban J connectivity index is 4.40. The molecule has 0 aromatic rings. The molecule has 0 bridgehead atoms. The Morgan fingerprint density at radius 2 is 2.00 bits per heavy atom. The van der Waals surface area contributed by atoms with Crippen LogP contribution in [0.25, 0.3) is 0 Å². The van der Waals surface area contributed by atoms with E-state index in [9.17, 15) is 13.2 Å². The second-order valence-corrected chi connectivity index (χ2v) is 4.61. The first kappa shape index (κ1) is 12.1. The molecular weight excluding hydrogens is 194 g/mol. The summed E-state index contributed by atoms with van der Waals surface area (Å²) in [5.74, 6) is -1.05. The molecule has 0 aliphatic heterocycles. The van der Waals surface area contributed by atoms with E-state index in [0.717, 1.165) is 6.26 Å². The van der Waals surface area contributed by atoms with Crippen LogP contribution in [-0.4, -0.2) is 31.8 Å². The van der Waals surface area contributed by atoms with Crippen molar-refractivity contribution in [3.63, 3.8) is 0 Å². The number of rotatable bonds is 4. The standard InChI is InChI=1S/C7H13NO4S/c1-5(7(9)10)4-6(2)8-13(3,11)12/h4,6,8H,1-3H3,(H,9,10)/b5-4+. The van der Waals surface area contributed by atoms with Gasteiger partial charge in [-0.25, -0.2) is 17.9 Å². The first-order valence-corrected chi connectivity index (χ1v) is 5.50. The summed E-state index contributed by atoms with van der Waals surface area (Å²) in [6.07, 6.45) is 2.36. The minimum absolute atomic E-state index is 0.114. The zero-order chi connectivity index (χ0) is 10.6. The van der Waals surface area contributed by atoms with Crippen LogP contribution in [0.4, 0.5) is 0 Å². The highest BCUT2D eigenvalue weighted by molar-refractivity contribution is 7.88. The maximum absolute atomic E-state index is 10.7. The third-order valence-electron chi connectivity index (χ3n) is 1.24. The largest absolute Gasteiger partial charge is 0.478 e. The van der Waals surface area contributed by atoms with Crippen molar-refractivity contribution in [3.05, 3.63) is 11.6 Å². The van der Waals surface area contributed by atoms with Crippen molar-refractivity contribution in [1.82, 2.24) is 4.72 Å². The van der Waals surface area contributed by atoms with Gasteiger partial charge in [-0.15, -0.1) is 0 Å². The molecule has 76 valence electrons. The van der Waals surface area contributed by atoms with Crippen molar-refractivity contribution in [2.45, 2.75) is 19.9 Å². The third kappa shape index (κ3) is 6.30. The maximum atomic E-state index is 10.7. The Hall–Kier alpha value is -0.880. The topological polar surface area (TPSA) is 83.5 Å². The van der Waals surface area contributed by atoms with Crippen LogP contribution < -0.4 is 4.72 Å². The van der Waals surface area contributed by atoms with Gasteiger partial charge in [0.1, 0.15) is 0 Å². The predicted molar refractivity (Wildman–Crippen MR) is 48.8 cm³/mol. The van der Waals surface area contributed by atoms with Crippen LogP contribution in [0.5, 0.6) is 0 Å². The van der Waals surface area contributed by atoms with Crippen molar-refractivity contribution in [1.29, 1.82) is 0 Å². The molecule has 0 spiro atoms. The summed E-state index contributed by atoms with van der Waals surface area (Å²) in [5.41, 5.74) is 0.114. The number of carbonyl (C=O) groups is 1. The number of hydrogen-bond acceptors (Lipinski definition) is 3. The number of sulfonamides is 1. The molecule has 0 fully saturated rings. The van der Waals surface area contributed by atoms with Gasteiger partial charge in [0.25, 0.3) is 0 Å². The normalized spacial score (nSPS) is 15.5. The molecule has 0 radical (unpaired) electrons. The van der Waals surface area contributed by atoms with Crippen LogP contribution in [0.3, 0.4) is 0 Å². The zero-order valence-corrected chi connectivity index (χ0v) is 8.55. The van der Waals surface area contributed by atoms with Gasteiger partial charge in [-0.05, 0) is 13.8 Å².